The van der Waals surface area contributed by atoms with Gasteiger partial charge in [-0.15, -0.1) is 0 Å². The van der Waals surface area contributed by atoms with Crippen molar-refractivity contribution in [3.05, 3.63) is 45.8 Å². The Morgan fingerprint density at radius 3 is 2.63 bits per heavy atom. The summed E-state index contributed by atoms with van der Waals surface area (Å²) in [5, 5.41) is 3.27. The minimum absolute atomic E-state index is 0.0833. The summed E-state index contributed by atoms with van der Waals surface area (Å²) in [6.07, 6.45) is 0. The highest BCUT2D eigenvalue weighted by atomic mass is 16.5. The molecule has 0 fully saturated rings. The van der Waals surface area contributed by atoms with Crippen LogP contribution in [0.15, 0.2) is 29.4 Å². The van der Waals surface area contributed by atoms with Gasteiger partial charge in [0, 0.05) is 16.0 Å². The van der Waals surface area contributed by atoms with Crippen molar-refractivity contribution >= 4 is 11.8 Å². The molecule has 0 aromatic heterocycles. The summed E-state index contributed by atoms with van der Waals surface area (Å²) in [6.45, 7) is 1.88. The first-order valence-corrected chi connectivity index (χ1v) is 5.50. The number of Topliss-reactive ketones (excluding diaryl/α,β-unsaturated/α-hetero) is 1. The molecule has 0 aliphatic rings. The van der Waals surface area contributed by atoms with E-state index in [1.807, 2.05) is 0 Å². The summed E-state index contributed by atoms with van der Waals surface area (Å²) in [5.41, 5.74) is 8.98. The molecular weight excluding hydrogens is 246 g/mol. The van der Waals surface area contributed by atoms with Gasteiger partial charge in [0.25, 0.3) is 5.78 Å². The van der Waals surface area contributed by atoms with Gasteiger partial charge in [-0.05, 0) is 36.7 Å². The Hall–Kier alpha value is -2.77. The maximum atomic E-state index is 11.6. The third-order valence-electron chi connectivity index (χ3n) is 2.05. The van der Waals surface area contributed by atoms with Crippen LogP contribution in [-0.4, -0.2) is 24.9 Å². The van der Waals surface area contributed by atoms with E-state index in [0.29, 0.717) is 5.56 Å². The molecule has 0 aliphatic heterocycles. The Labute approximate surface area is 110 Å². The van der Waals surface area contributed by atoms with Gasteiger partial charge in [0.05, 0.1) is 13.2 Å². The first-order valence-electron chi connectivity index (χ1n) is 5.50. The van der Waals surface area contributed by atoms with E-state index >= 15 is 0 Å². The average molecular weight is 257 g/mol. The molecule has 0 radical (unpaired) electrons. The molecule has 0 atom stereocenters. The van der Waals surface area contributed by atoms with Crippen LogP contribution in [0.25, 0.3) is 10.4 Å². The summed E-state index contributed by atoms with van der Waals surface area (Å²) in [7, 11) is 0. The lowest BCUT2D eigenvalue weighted by Crippen LogP contribution is -2.17. The Morgan fingerprint density at radius 1 is 1.37 bits per heavy atom. The van der Waals surface area contributed by atoms with Crippen molar-refractivity contribution in [3.8, 4) is 11.8 Å². The summed E-state index contributed by atoms with van der Waals surface area (Å²) in [4.78, 5) is 25.4. The lowest BCUT2D eigenvalue weighted by molar-refractivity contribution is -0.137. The van der Waals surface area contributed by atoms with E-state index in [2.05, 4.69) is 26.6 Å². The van der Waals surface area contributed by atoms with Crippen molar-refractivity contribution in [3.63, 3.8) is 0 Å². The molecule has 0 bridgehead atoms. The number of nitrogens with zero attached hydrogens (tertiary/aromatic N) is 3. The fourth-order valence-corrected chi connectivity index (χ4v) is 1.23. The third-order valence-corrected chi connectivity index (χ3v) is 2.05. The fourth-order valence-electron chi connectivity index (χ4n) is 1.23. The molecule has 0 saturated carbocycles. The number of hydrogen-bond donors (Lipinski definition) is 0. The van der Waals surface area contributed by atoms with E-state index in [1.54, 1.807) is 19.1 Å². The van der Waals surface area contributed by atoms with Crippen molar-refractivity contribution in [2.45, 2.75) is 6.92 Å². The zero-order valence-electron chi connectivity index (χ0n) is 10.3. The van der Waals surface area contributed by atoms with E-state index in [4.69, 9.17) is 5.53 Å². The van der Waals surface area contributed by atoms with Gasteiger partial charge in [-0.25, -0.2) is 4.79 Å². The second kappa shape index (κ2) is 7.54. The molecule has 0 spiro atoms. The molecule has 1 aromatic carbocycles. The molecular formula is C13H11N3O3. The van der Waals surface area contributed by atoms with Gasteiger partial charge in [0.15, 0.2) is 0 Å². The number of esters is 1. The molecule has 0 unspecified atom stereocenters. The smallest absolute Gasteiger partial charge is 0.379 e. The Kier molecular flexibility index (Phi) is 5.67. The van der Waals surface area contributed by atoms with Crippen molar-refractivity contribution in [1.82, 2.24) is 0 Å². The highest BCUT2D eigenvalue weighted by Gasteiger charge is 2.16. The van der Waals surface area contributed by atoms with Crippen molar-refractivity contribution < 1.29 is 14.3 Å². The zero-order chi connectivity index (χ0) is 14.1. The van der Waals surface area contributed by atoms with E-state index in [0.717, 1.165) is 0 Å². The maximum Gasteiger partial charge on any atom is 0.379 e. The lowest BCUT2D eigenvalue weighted by atomic mass is 10.1. The van der Waals surface area contributed by atoms with Gasteiger partial charge in [0.2, 0.25) is 0 Å². The van der Waals surface area contributed by atoms with Crippen LogP contribution in [0.3, 0.4) is 0 Å². The lowest BCUT2D eigenvalue weighted by Gasteiger charge is -2.00. The summed E-state index contributed by atoms with van der Waals surface area (Å²) in [6, 6.07) is 6.21. The highest BCUT2D eigenvalue weighted by molar-refractivity contribution is 6.40. The largest absolute Gasteiger partial charge is 0.460 e. The molecule has 6 nitrogen and oxygen atoms in total. The fraction of sp³-hybridized carbons (Fsp3) is 0.231. The van der Waals surface area contributed by atoms with E-state index < -0.39 is 11.8 Å². The van der Waals surface area contributed by atoms with Crippen LogP contribution in [0.1, 0.15) is 22.8 Å². The second-order valence-corrected chi connectivity index (χ2v) is 3.32. The Bertz CT molecular complexity index is 575. The first kappa shape index (κ1) is 14.3. The normalized spacial score (nSPS) is 8.68. The predicted molar refractivity (Wildman–Crippen MR) is 68.3 cm³/mol. The van der Waals surface area contributed by atoms with Gasteiger partial charge in [-0.3, -0.25) is 4.79 Å². The van der Waals surface area contributed by atoms with Gasteiger partial charge in [-0.1, -0.05) is 17.0 Å². The van der Waals surface area contributed by atoms with Crippen LogP contribution in [0.5, 0.6) is 0 Å². The molecule has 6 heteroatoms. The average Bonchev–Trinajstić information content (AvgIpc) is 2.44. The monoisotopic (exact) mass is 257 g/mol. The zero-order valence-corrected chi connectivity index (χ0v) is 10.3. The van der Waals surface area contributed by atoms with Crippen LogP contribution in [0.2, 0.25) is 0 Å². The molecule has 0 aliphatic carbocycles. The molecule has 0 saturated heterocycles. The first-order chi connectivity index (χ1) is 9.19. The Morgan fingerprint density at radius 2 is 2.05 bits per heavy atom. The predicted octanol–water partition coefficient (Wildman–Crippen LogP) is 2.09. The molecule has 0 amide bonds. The molecule has 1 aromatic rings. The van der Waals surface area contributed by atoms with Crippen molar-refractivity contribution in [2.75, 3.05) is 13.2 Å². The topological polar surface area (TPSA) is 92.1 Å². The number of ether oxygens (including phenoxy) is 1. The van der Waals surface area contributed by atoms with Gasteiger partial charge in [0.1, 0.15) is 0 Å². The van der Waals surface area contributed by atoms with Crippen LogP contribution in [-0.2, 0) is 9.53 Å². The van der Waals surface area contributed by atoms with Crippen LogP contribution in [0, 0.1) is 11.8 Å². The third kappa shape index (κ3) is 4.54. The second-order valence-electron chi connectivity index (χ2n) is 3.32. The van der Waals surface area contributed by atoms with Crippen LogP contribution in [0.4, 0.5) is 0 Å². The summed E-state index contributed by atoms with van der Waals surface area (Å²) >= 11 is 0. The van der Waals surface area contributed by atoms with Gasteiger partial charge in [-0.2, -0.15) is 0 Å². The number of benzene rings is 1. The number of carbonyl (C=O) groups is 2. The minimum atomic E-state index is -0.871. The molecule has 19 heavy (non-hydrogen) atoms. The molecule has 96 valence electrons. The van der Waals surface area contributed by atoms with Crippen molar-refractivity contribution in [1.29, 1.82) is 0 Å². The number of rotatable bonds is 4. The Balaban J connectivity index is 2.75. The quantitative estimate of drug-likeness (QED) is 0.157. The van der Waals surface area contributed by atoms with Crippen LogP contribution < -0.4 is 0 Å². The van der Waals surface area contributed by atoms with Gasteiger partial charge >= 0.3 is 5.97 Å². The van der Waals surface area contributed by atoms with Crippen molar-refractivity contribution in [2.24, 2.45) is 5.11 Å². The number of ketones is 1. The standard InChI is InChI=1S/C13H11N3O3/c1-2-19-13(18)12(17)11-7-5-10(6-8-11)4-3-9-15-16-14/h5-8H,2,9H2,1H3. The van der Waals surface area contributed by atoms with Gasteiger partial charge < -0.3 is 4.74 Å². The van der Waals surface area contributed by atoms with E-state index in [-0.39, 0.29) is 18.7 Å². The number of carbonyl (C=O) groups excluding carboxylic acids is 2. The maximum absolute atomic E-state index is 11.6. The number of azide groups is 1. The van der Waals surface area contributed by atoms with E-state index in [9.17, 15) is 9.59 Å². The number of hydrogen-bond acceptors (Lipinski definition) is 4. The summed E-state index contributed by atoms with van der Waals surface area (Å²) in [5.74, 6) is 3.85. The molecule has 1 rings (SSSR count). The highest BCUT2D eigenvalue weighted by Crippen LogP contribution is 2.05. The van der Waals surface area contributed by atoms with Crippen LogP contribution >= 0.6 is 0 Å². The molecule has 0 heterocycles. The molecule has 0 N–H and O–H groups in total. The SMILES string of the molecule is CCOC(=O)C(=O)c1ccc(C#CCN=[N+]=[N-])cc1. The van der Waals surface area contributed by atoms with E-state index in [1.165, 1.54) is 12.1 Å². The summed E-state index contributed by atoms with van der Waals surface area (Å²) < 4.78 is 4.62. The minimum Gasteiger partial charge on any atom is -0.460 e.